The minimum absolute atomic E-state index is 0.109. The molecule has 3 aromatic rings. The van der Waals surface area contributed by atoms with Crippen molar-refractivity contribution < 1.29 is 0 Å². The maximum Gasteiger partial charge on any atom is 0.173 e. The van der Waals surface area contributed by atoms with Crippen molar-refractivity contribution in [2.24, 2.45) is 0 Å². The fourth-order valence-corrected chi connectivity index (χ4v) is 2.90. The van der Waals surface area contributed by atoms with Gasteiger partial charge in [0.15, 0.2) is 5.82 Å². The standard InChI is InChI=1S/C15H18N8/c1-15(2,3)23-14(18-19-21-23)13-11-6-4-5-7-12(11)22-10(8-16-13)9-17-20-22/h4-7,9,13,16H,8H2,1-3H3. The van der Waals surface area contributed by atoms with Crippen molar-refractivity contribution in [3.63, 3.8) is 0 Å². The van der Waals surface area contributed by atoms with Crippen molar-refractivity contribution in [2.75, 3.05) is 0 Å². The van der Waals surface area contributed by atoms with E-state index in [0.29, 0.717) is 6.54 Å². The third-order valence-corrected chi connectivity index (χ3v) is 3.97. The van der Waals surface area contributed by atoms with Crippen LogP contribution in [0.1, 0.15) is 43.9 Å². The number of nitrogens with one attached hydrogen (secondary N) is 1. The Bertz CT molecular complexity index is 841. The third kappa shape index (κ3) is 2.22. The van der Waals surface area contributed by atoms with Gasteiger partial charge in [-0.25, -0.2) is 9.36 Å². The van der Waals surface area contributed by atoms with Gasteiger partial charge in [0.1, 0.15) is 0 Å². The summed E-state index contributed by atoms with van der Waals surface area (Å²) in [4.78, 5) is 0. The molecule has 4 rings (SSSR count). The molecule has 0 spiro atoms. The summed E-state index contributed by atoms with van der Waals surface area (Å²) in [5.41, 5.74) is 2.89. The fourth-order valence-electron chi connectivity index (χ4n) is 2.90. The molecular formula is C15H18N8. The van der Waals surface area contributed by atoms with Gasteiger partial charge >= 0.3 is 0 Å². The molecule has 118 valence electrons. The SMILES string of the molecule is CC(C)(C)n1nnnc1C1NCc2cnnn2-c2ccccc21. The third-order valence-electron chi connectivity index (χ3n) is 3.97. The summed E-state index contributed by atoms with van der Waals surface area (Å²) in [5.74, 6) is 0.795. The van der Waals surface area contributed by atoms with Crippen LogP contribution in [-0.2, 0) is 12.1 Å². The van der Waals surface area contributed by atoms with Crippen LogP contribution in [0.4, 0.5) is 0 Å². The smallest absolute Gasteiger partial charge is 0.173 e. The van der Waals surface area contributed by atoms with E-state index in [1.54, 1.807) is 6.20 Å². The molecule has 0 aliphatic carbocycles. The van der Waals surface area contributed by atoms with Crippen molar-refractivity contribution in [1.82, 2.24) is 40.5 Å². The van der Waals surface area contributed by atoms with Crippen LogP contribution in [0.2, 0.25) is 0 Å². The van der Waals surface area contributed by atoms with Gasteiger partial charge in [0, 0.05) is 12.1 Å². The van der Waals surface area contributed by atoms with Gasteiger partial charge in [-0.1, -0.05) is 23.4 Å². The molecule has 23 heavy (non-hydrogen) atoms. The van der Waals surface area contributed by atoms with E-state index in [9.17, 15) is 0 Å². The molecule has 1 atom stereocenters. The number of aromatic nitrogens is 7. The van der Waals surface area contributed by atoms with Crippen LogP contribution in [0.15, 0.2) is 30.5 Å². The van der Waals surface area contributed by atoms with E-state index in [0.717, 1.165) is 22.8 Å². The van der Waals surface area contributed by atoms with Gasteiger partial charge in [-0.05, 0) is 37.3 Å². The van der Waals surface area contributed by atoms with Crippen LogP contribution >= 0.6 is 0 Å². The number of fused-ring (bicyclic) bond motifs is 3. The summed E-state index contributed by atoms with van der Waals surface area (Å²) in [7, 11) is 0. The first kappa shape index (κ1) is 14.0. The average Bonchev–Trinajstić information content (AvgIpc) is 3.15. The van der Waals surface area contributed by atoms with E-state index < -0.39 is 0 Å². The fraction of sp³-hybridized carbons (Fsp3) is 0.400. The molecule has 1 N–H and O–H groups in total. The second-order valence-electron chi connectivity index (χ2n) is 6.63. The van der Waals surface area contributed by atoms with Crippen LogP contribution in [0.3, 0.4) is 0 Å². The minimum atomic E-state index is -0.198. The molecule has 8 heteroatoms. The summed E-state index contributed by atoms with van der Waals surface area (Å²) in [6.07, 6.45) is 1.78. The zero-order chi connectivity index (χ0) is 16.0. The molecule has 1 aliphatic heterocycles. The summed E-state index contributed by atoms with van der Waals surface area (Å²) >= 11 is 0. The maximum absolute atomic E-state index is 4.29. The van der Waals surface area contributed by atoms with E-state index in [1.165, 1.54) is 0 Å². The van der Waals surface area contributed by atoms with Crippen LogP contribution in [-0.4, -0.2) is 35.2 Å². The zero-order valence-corrected chi connectivity index (χ0v) is 13.3. The van der Waals surface area contributed by atoms with Crippen molar-refractivity contribution >= 4 is 0 Å². The second-order valence-corrected chi connectivity index (χ2v) is 6.63. The highest BCUT2D eigenvalue weighted by atomic mass is 15.6. The Hall–Kier alpha value is -2.61. The highest BCUT2D eigenvalue weighted by molar-refractivity contribution is 5.46. The van der Waals surface area contributed by atoms with E-state index in [-0.39, 0.29) is 11.6 Å². The molecule has 8 nitrogen and oxygen atoms in total. The lowest BCUT2D eigenvalue weighted by Crippen LogP contribution is -2.31. The summed E-state index contributed by atoms with van der Waals surface area (Å²) in [6, 6.07) is 8.02. The number of tetrazole rings is 1. The minimum Gasteiger partial charge on any atom is -0.298 e. The molecule has 0 fully saturated rings. The molecule has 0 saturated heterocycles. The second kappa shape index (κ2) is 4.95. The quantitative estimate of drug-likeness (QED) is 0.727. The van der Waals surface area contributed by atoms with Crippen LogP contribution in [0.25, 0.3) is 5.69 Å². The highest BCUT2D eigenvalue weighted by Gasteiger charge is 2.30. The lowest BCUT2D eigenvalue weighted by molar-refractivity contribution is 0.325. The Morgan fingerprint density at radius 2 is 2.00 bits per heavy atom. The van der Waals surface area contributed by atoms with E-state index in [2.05, 4.69) is 58.0 Å². The van der Waals surface area contributed by atoms with Crippen LogP contribution in [0, 0.1) is 0 Å². The number of hydrogen-bond acceptors (Lipinski definition) is 6. The Labute approximate surface area is 133 Å². The highest BCUT2D eigenvalue weighted by Crippen LogP contribution is 2.30. The topological polar surface area (TPSA) is 86.3 Å². The number of para-hydroxylation sites is 1. The number of nitrogens with zero attached hydrogens (tertiary/aromatic N) is 7. The van der Waals surface area contributed by atoms with Gasteiger partial charge in [-0.2, -0.15) is 0 Å². The van der Waals surface area contributed by atoms with E-state index >= 15 is 0 Å². The first-order valence-corrected chi connectivity index (χ1v) is 7.57. The normalized spacial score (nSPS) is 17.4. The van der Waals surface area contributed by atoms with E-state index in [4.69, 9.17) is 0 Å². The predicted molar refractivity (Wildman–Crippen MR) is 82.9 cm³/mol. The molecule has 0 saturated carbocycles. The van der Waals surface area contributed by atoms with Gasteiger partial charge in [0.25, 0.3) is 0 Å². The largest absolute Gasteiger partial charge is 0.298 e. The van der Waals surface area contributed by atoms with E-state index in [1.807, 2.05) is 27.6 Å². The van der Waals surface area contributed by atoms with Gasteiger partial charge in [0.05, 0.1) is 29.2 Å². The van der Waals surface area contributed by atoms with Crippen molar-refractivity contribution in [3.05, 3.63) is 47.5 Å². The molecule has 0 bridgehead atoms. The van der Waals surface area contributed by atoms with Crippen molar-refractivity contribution in [1.29, 1.82) is 0 Å². The van der Waals surface area contributed by atoms with Crippen molar-refractivity contribution in [3.8, 4) is 5.69 Å². The Morgan fingerprint density at radius 3 is 2.83 bits per heavy atom. The predicted octanol–water partition coefficient (Wildman–Crippen LogP) is 1.20. The summed E-state index contributed by atoms with van der Waals surface area (Å²) in [5, 5.41) is 24.1. The average molecular weight is 310 g/mol. The van der Waals surface area contributed by atoms with Gasteiger partial charge in [-0.15, -0.1) is 10.2 Å². The van der Waals surface area contributed by atoms with Gasteiger partial charge in [-0.3, -0.25) is 5.32 Å². The lowest BCUT2D eigenvalue weighted by Gasteiger charge is -2.24. The maximum atomic E-state index is 4.29. The number of hydrogen-bond donors (Lipinski definition) is 1. The Morgan fingerprint density at radius 1 is 1.17 bits per heavy atom. The van der Waals surface area contributed by atoms with Gasteiger partial charge in [0.2, 0.25) is 0 Å². The molecule has 1 aromatic carbocycles. The molecule has 0 amide bonds. The molecule has 1 unspecified atom stereocenters. The zero-order valence-electron chi connectivity index (χ0n) is 13.3. The molecule has 2 aromatic heterocycles. The molecular weight excluding hydrogens is 292 g/mol. The Kier molecular flexibility index (Phi) is 3.02. The first-order valence-electron chi connectivity index (χ1n) is 7.57. The van der Waals surface area contributed by atoms with Crippen molar-refractivity contribution in [2.45, 2.75) is 38.9 Å². The molecule has 3 heterocycles. The monoisotopic (exact) mass is 310 g/mol. The Balaban J connectivity index is 1.89. The summed E-state index contributed by atoms with van der Waals surface area (Å²) < 4.78 is 3.74. The lowest BCUT2D eigenvalue weighted by atomic mass is 10.0. The molecule has 1 aliphatic rings. The first-order chi connectivity index (χ1) is 11.1. The van der Waals surface area contributed by atoms with Crippen LogP contribution in [0.5, 0.6) is 0 Å². The number of benzene rings is 1. The number of rotatable bonds is 1. The van der Waals surface area contributed by atoms with Gasteiger partial charge < -0.3 is 0 Å². The molecule has 0 radical (unpaired) electrons. The summed E-state index contributed by atoms with van der Waals surface area (Å²) in [6.45, 7) is 6.91. The van der Waals surface area contributed by atoms with Crippen LogP contribution < -0.4 is 5.32 Å².